The van der Waals surface area contributed by atoms with E-state index in [9.17, 15) is 9.59 Å². The Kier molecular flexibility index (Phi) is 6.98. The highest BCUT2D eigenvalue weighted by atomic mass is 32.2. The Morgan fingerprint density at radius 2 is 1.95 bits per heavy atom. The molecule has 0 aromatic heterocycles. The minimum absolute atomic E-state index is 0.00261. The van der Waals surface area contributed by atoms with Gasteiger partial charge in [0.25, 0.3) is 0 Å². The molecule has 5 heteroatoms. The number of carbonyl (C=O) groups excluding carboxylic acids is 2. The van der Waals surface area contributed by atoms with Gasteiger partial charge in [-0.25, -0.2) is 4.79 Å². The van der Waals surface area contributed by atoms with E-state index in [1.165, 1.54) is 30.7 Å². The van der Waals surface area contributed by atoms with Crippen LogP contribution in [-0.2, 0) is 19.1 Å². The van der Waals surface area contributed by atoms with E-state index < -0.39 is 11.6 Å². The van der Waals surface area contributed by atoms with E-state index in [1.54, 1.807) is 0 Å². The van der Waals surface area contributed by atoms with Gasteiger partial charge in [-0.2, -0.15) is 0 Å². The van der Waals surface area contributed by atoms with Crippen molar-refractivity contribution in [2.45, 2.75) is 77.1 Å². The predicted octanol–water partition coefficient (Wildman–Crippen LogP) is 4.23. The van der Waals surface area contributed by atoms with Crippen LogP contribution in [0.15, 0.2) is 11.8 Å². The predicted molar refractivity (Wildman–Crippen MR) is 89.6 cm³/mol. The van der Waals surface area contributed by atoms with Crippen LogP contribution < -0.4 is 0 Å². The van der Waals surface area contributed by atoms with Gasteiger partial charge in [-0.1, -0.05) is 44.4 Å². The van der Waals surface area contributed by atoms with Gasteiger partial charge in [0, 0.05) is 6.08 Å². The molecular weight excluding hydrogens is 300 g/mol. The number of ether oxygens (including phenoxy) is 2. The molecule has 0 aliphatic carbocycles. The van der Waals surface area contributed by atoms with E-state index in [1.807, 2.05) is 27.7 Å². The average molecular weight is 328 g/mol. The SMILES string of the molecule is CCCCCC[C@@]1(C)SC(=O)C=C1OCC(=O)OC(C)(C)C. The Balaban J connectivity index is 2.53. The van der Waals surface area contributed by atoms with Gasteiger partial charge in [-0.15, -0.1) is 0 Å². The Hall–Kier alpha value is -0.970. The van der Waals surface area contributed by atoms with E-state index >= 15 is 0 Å². The van der Waals surface area contributed by atoms with E-state index in [0.717, 1.165) is 19.3 Å². The molecular formula is C17H28O4S. The van der Waals surface area contributed by atoms with Gasteiger partial charge in [0.05, 0.1) is 4.75 Å². The number of esters is 1. The lowest BCUT2D eigenvalue weighted by atomic mass is 9.99. The van der Waals surface area contributed by atoms with Crippen molar-refractivity contribution in [2.24, 2.45) is 0 Å². The summed E-state index contributed by atoms with van der Waals surface area (Å²) in [7, 11) is 0. The zero-order valence-electron chi connectivity index (χ0n) is 14.4. The highest BCUT2D eigenvalue weighted by Crippen LogP contribution is 2.44. The maximum atomic E-state index is 11.7. The molecule has 0 fully saturated rings. The summed E-state index contributed by atoms with van der Waals surface area (Å²) in [5, 5.41) is -0.00261. The molecule has 126 valence electrons. The van der Waals surface area contributed by atoms with E-state index in [4.69, 9.17) is 9.47 Å². The third-order valence-corrected chi connectivity index (χ3v) is 4.54. The summed E-state index contributed by atoms with van der Waals surface area (Å²) < 4.78 is 10.5. The van der Waals surface area contributed by atoms with Crippen LogP contribution in [0.25, 0.3) is 0 Å². The molecule has 1 aliphatic rings. The van der Waals surface area contributed by atoms with Crippen molar-refractivity contribution in [3.8, 4) is 0 Å². The summed E-state index contributed by atoms with van der Waals surface area (Å²) in [5.41, 5.74) is -0.529. The lowest BCUT2D eigenvalue weighted by molar-refractivity contribution is -0.159. The van der Waals surface area contributed by atoms with Crippen LogP contribution in [0, 0.1) is 0 Å². The van der Waals surface area contributed by atoms with Crippen LogP contribution in [0.3, 0.4) is 0 Å². The van der Waals surface area contributed by atoms with E-state index in [0.29, 0.717) is 5.76 Å². The maximum Gasteiger partial charge on any atom is 0.344 e. The second-order valence-corrected chi connectivity index (χ2v) is 8.35. The largest absolute Gasteiger partial charge is 0.485 e. The van der Waals surface area contributed by atoms with E-state index in [2.05, 4.69) is 6.92 Å². The number of rotatable bonds is 8. The normalized spacial score (nSPS) is 21.7. The van der Waals surface area contributed by atoms with Crippen molar-refractivity contribution in [3.63, 3.8) is 0 Å². The summed E-state index contributed by atoms with van der Waals surface area (Å²) in [6.45, 7) is 9.48. The average Bonchev–Trinajstić information content (AvgIpc) is 2.65. The lowest BCUT2D eigenvalue weighted by Crippen LogP contribution is -2.28. The third-order valence-electron chi connectivity index (χ3n) is 3.37. The molecule has 1 aliphatic heterocycles. The molecule has 0 N–H and O–H groups in total. The molecule has 0 radical (unpaired) electrons. The van der Waals surface area contributed by atoms with Crippen molar-refractivity contribution < 1.29 is 19.1 Å². The fraction of sp³-hybridized carbons (Fsp3) is 0.765. The molecule has 1 atom stereocenters. The number of unbranched alkanes of at least 4 members (excludes halogenated alkanes) is 3. The highest BCUT2D eigenvalue weighted by molar-refractivity contribution is 8.15. The van der Waals surface area contributed by atoms with Gasteiger partial charge in [-0.3, -0.25) is 4.79 Å². The Morgan fingerprint density at radius 1 is 1.27 bits per heavy atom. The maximum absolute atomic E-state index is 11.7. The topological polar surface area (TPSA) is 52.6 Å². The van der Waals surface area contributed by atoms with Crippen molar-refractivity contribution in [2.75, 3.05) is 6.61 Å². The fourth-order valence-electron chi connectivity index (χ4n) is 2.33. The molecule has 0 unspecified atom stereocenters. The van der Waals surface area contributed by atoms with Gasteiger partial charge >= 0.3 is 5.97 Å². The minimum Gasteiger partial charge on any atom is -0.485 e. The molecule has 1 heterocycles. The number of thioether (sulfide) groups is 1. The van der Waals surface area contributed by atoms with Crippen LogP contribution in [0.4, 0.5) is 0 Å². The molecule has 4 nitrogen and oxygen atoms in total. The van der Waals surface area contributed by atoms with Crippen molar-refractivity contribution in [3.05, 3.63) is 11.8 Å². The van der Waals surface area contributed by atoms with Crippen LogP contribution in [0.5, 0.6) is 0 Å². The molecule has 0 amide bonds. The van der Waals surface area contributed by atoms with Crippen LogP contribution in [0.2, 0.25) is 0 Å². The van der Waals surface area contributed by atoms with Crippen molar-refractivity contribution >= 4 is 22.8 Å². The minimum atomic E-state index is -0.529. The number of hydrogen-bond donors (Lipinski definition) is 0. The second kappa shape index (κ2) is 8.04. The molecule has 0 saturated carbocycles. The zero-order chi connectivity index (χ0) is 16.8. The van der Waals surface area contributed by atoms with Crippen molar-refractivity contribution in [1.29, 1.82) is 0 Å². The van der Waals surface area contributed by atoms with Crippen molar-refractivity contribution in [1.82, 2.24) is 0 Å². The van der Waals surface area contributed by atoms with Crippen LogP contribution in [0.1, 0.15) is 66.7 Å². The molecule has 0 aromatic carbocycles. The van der Waals surface area contributed by atoms with Gasteiger partial charge in [0.1, 0.15) is 11.4 Å². The lowest BCUT2D eigenvalue weighted by Gasteiger charge is -2.26. The molecule has 0 bridgehead atoms. The Morgan fingerprint density at radius 3 is 2.55 bits per heavy atom. The van der Waals surface area contributed by atoms with Gasteiger partial charge in [0.15, 0.2) is 6.61 Å². The number of hydrogen-bond acceptors (Lipinski definition) is 5. The molecule has 0 aromatic rings. The summed E-state index contributed by atoms with van der Waals surface area (Å²) in [6.07, 6.45) is 6.98. The molecule has 0 saturated heterocycles. The quantitative estimate of drug-likeness (QED) is 0.493. The Bertz CT molecular complexity index is 436. The first-order chi connectivity index (χ1) is 10.2. The van der Waals surface area contributed by atoms with Crippen LogP contribution >= 0.6 is 11.8 Å². The molecule has 0 spiro atoms. The van der Waals surface area contributed by atoms with Gasteiger partial charge in [0.2, 0.25) is 5.12 Å². The first kappa shape index (κ1) is 19.1. The first-order valence-corrected chi connectivity index (χ1v) is 8.78. The monoisotopic (exact) mass is 328 g/mol. The standard InChI is InChI=1S/C17H28O4S/c1-6-7-8-9-10-17(5)13(11-15(19)22-17)20-12-14(18)21-16(2,3)4/h11H,6-10,12H2,1-5H3/t17-/m1/s1. The smallest absolute Gasteiger partial charge is 0.344 e. The summed E-state index contributed by atoms with van der Waals surface area (Å²) in [6, 6.07) is 0. The summed E-state index contributed by atoms with van der Waals surface area (Å²) in [5.74, 6) is 0.191. The Labute approximate surface area is 138 Å². The van der Waals surface area contributed by atoms with Gasteiger partial charge in [-0.05, 0) is 34.1 Å². The highest BCUT2D eigenvalue weighted by Gasteiger charge is 2.39. The second-order valence-electron chi connectivity index (χ2n) is 6.85. The number of carbonyl (C=O) groups is 2. The van der Waals surface area contributed by atoms with Gasteiger partial charge < -0.3 is 9.47 Å². The summed E-state index contributed by atoms with van der Waals surface area (Å²) in [4.78, 5) is 23.5. The van der Waals surface area contributed by atoms with Crippen LogP contribution in [-0.4, -0.2) is 28.0 Å². The van der Waals surface area contributed by atoms with E-state index in [-0.39, 0.29) is 16.5 Å². The molecule has 1 rings (SSSR count). The zero-order valence-corrected chi connectivity index (χ0v) is 15.2. The fourth-order valence-corrected chi connectivity index (χ4v) is 3.40. The molecule has 22 heavy (non-hydrogen) atoms. The summed E-state index contributed by atoms with van der Waals surface area (Å²) >= 11 is 1.29. The first-order valence-electron chi connectivity index (χ1n) is 7.96. The third kappa shape index (κ3) is 6.42.